The highest BCUT2D eigenvalue weighted by molar-refractivity contribution is 5.77. The van der Waals surface area contributed by atoms with E-state index in [1.165, 1.54) is 212 Å². The lowest BCUT2D eigenvalue weighted by Crippen LogP contribution is -2.70. The number of unbranched alkanes of at least 4 members (excludes halogenated alkanes) is 40. The van der Waals surface area contributed by atoms with Gasteiger partial charge in [0.15, 0.2) is 12.6 Å². The first-order chi connectivity index (χ1) is 49.4. The Balaban J connectivity index is 1.39. The van der Waals surface area contributed by atoms with Crippen LogP contribution in [0.4, 0.5) is 0 Å². The normalized spacial score (nSPS) is 26.7. The quantitative estimate of drug-likeness (QED) is 0.0199. The van der Waals surface area contributed by atoms with Crippen LogP contribution in [0.25, 0.3) is 0 Å². The number of carboxylic acid groups (broad SMARTS) is 1. The van der Waals surface area contributed by atoms with Crippen molar-refractivity contribution in [3.05, 3.63) is 24.3 Å². The second kappa shape index (κ2) is 58.3. The molecule has 3 fully saturated rings. The van der Waals surface area contributed by atoms with Crippen molar-refractivity contribution in [3.8, 4) is 0 Å². The molecule has 0 radical (unpaired) electrons. The standard InChI is InChI=1S/C79H146N2O21/c1-4-6-8-10-12-14-16-17-18-19-20-21-22-23-24-25-26-27-28-29-30-31-32-33-34-35-36-37-38-39-40-41-43-45-47-49-51-53-66(89)81-60(61(86)52-50-48-46-44-42-15-13-11-9-7-5-2)58-97-76-71(93)70(92)73(65(57-84)99-76)100-77-72(94)75(69(91)64(56-83)98-77)102-79(78(95)96)54-62(87)67(80-59(3)85)74(101-79)68(90)63(88)55-82/h24-25,27-28,60-65,67-77,82-84,86-88,90-94H,4-23,26,29-58H2,1-3H3,(H,80,85)(H,81,89)(H,95,96)/b25-24-,28-27-. The van der Waals surface area contributed by atoms with Crippen molar-refractivity contribution in [2.75, 3.05) is 26.4 Å². The molecule has 3 rings (SSSR count). The largest absolute Gasteiger partial charge is 0.477 e. The third-order valence-corrected chi connectivity index (χ3v) is 20.7. The molecule has 0 aromatic heterocycles. The van der Waals surface area contributed by atoms with E-state index in [9.17, 15) is 75.7 Å². The molecule has 0 spiro atoms. The first-order valence-corrected chi connectivity index (χ1v) is 40.7. The number of carbonyl (C=O) groups is 3. The molecule has 598 valence electrons. The number of nitrogens with one attached hydrogen (secondary N) is 2. The Bertz CT molecular complexity index is 2130. The van der Waals surface area contributed by atoms with Crippen molar-refractivity contribution in [1.82, 2.24) is 10.6 Å². The fourth-order valence-corrected chi connectivity index (χ4v) is 14.2. The lowest BCUT2D eigenvalue weighted by Gasteiger charge is -2.50. The van der Waals surface area contributed by atoms with Crippen molar-refractivity contribution in [1.29, 1.82) is 0 Å². The zero-order valence-corrected chi connectivity index (χ0v) is 63.2. The number of hydrogen-bond acceptors (Lipinski definition) is 20. The van der Waals surface area contributed by atoms with Crippen molar-refractivity contribution in [2.45, 2.75) is 432 Å². The number of aliphatic carboxylic acids is 1. The van der Waals surface area contributed by atoms with Crippen LogP contribution >= 0.6 is 0 Å². The Morgan fingerprint density at radius 3 is 1.37 bits per heavy atom. The van der Waals surface area contributed by atoms with E-state index >= 15 is 0 Å². The van der Waals surface area contributed by atoms with Crippen LogP contribution in [0, 0.1) is 0 Å². The second-order valence-electron chi connectivity index (χ2n) is 29.6. The lowest BCUT2D eigenvalue weighted by atomic mass is 9.88. The van der Waals surface area contributed by atoms with E-state index in [1.54, 1.807) is 0 Å². The summed E-state index contributed by atoms with van der Waals surface area (Å²) in [6.45, 7) is 2.21. The van der Waals surface area contributed by atoms with E-state index < -0.39 is 148 Å². The third kappa shape index (κ3) is 38.3. The van der Waals surface area contributed by atoms with E-state index in [-0.39, 0.29) is 18.9 Å². The third-order valence-electron chi connectivity index (χ3n) is 20.7. The van der Waals surface area contributed by atoms with E-state index in [0.717, 1.165) is 64.7 Å². The van der Waals surface area contributed by atoms with Gasteiger partial charge in [-0.05, 0) is 44.9 Å². The predicted molar refractivity (Wildman–Crippen MR) is 394 cm³/mol. The Morgan fingerprint density at radius 1 is 0.510 bits per heavy atom. The van der Waals surface area contributed by atoms with Crippen molar-refractivity contribution in [3.63, 3.8) is 0 Å². The lowest BCUT2D eigenvalue weighted by molar-refractivity contribution is -0.386. The van der Waals surface area contributed by atoms with Crippen LogP contribution in [-0.4, -0.2) is 215 Å². The van der Waals surface area contributed by atoms with Crippen molar-refractivity contribution < 1.29 is 104 Å². The maximum Gasteiger partial charge on any atom is 0.364 e. The molecule has 0 bridgehead atoms. The van der Waals surface area contributed by atoms with Crippen LogP contribution < -0.4 is 10.6 Å². The van der Waals surface area contributed by atoms with Gasteiger partial charge in [-0.15, -0.1) is 0 Å². The number of rotatable bonds is 64. The molecule has 3 heterocycles. The maximum atomic E-state index is 13.5. The van der Waals surface area contributed by atoms with Gasteiger partial charge in [0.2, 0.25) is 11.8 Å². The second-order valence-corrected chi connectivity index (χ2v) is 29.6. The Morgan fingerprint density at radius 2 is 0.941 bits per heavy atom. The zero-order valence-electron chi connectivity index (χ0n) is 63.2. The molecular formula is C79H146N2O21. The van der Waals surface area contributed by atoms with Gasteiger partial charge in [0, 0.05) is 19.8 Å². The molecule has 0 aliphatic carbocycles. The average Bonchev–Trinajstić information content (AvgIpc) is 0.756. The van der Waals surface area contributed by atoms with Gasteiger partial charge in [-0.1, -0.05) is 282 Å². The van der Waals surface area contributed by atoms with Gasteiger partial charge >= 0.3 is 5.97 Å². The molecule has 0 aromatic carbocycles. The van der Waals surface area contributed by atoms with Gasteiger partial charge in [0.05, 0.1) is 50.7 Å². The van der Waals surface area contributed by atoms with Crippen LogP contribution in [0.5, 0.6) is 0 Å². The summed E-state index contributed by atoms with van der Waals surface area (Å²) in [5.74, 6) is -6.10. The fraction of sp³-hybridized carbons (Fsp3) is 0.911. The topological polar surface area (TPSA) is 373 Å². The Hall–Kier alpha value is -2.79. The average molecular weight is 1460 g/mol. The summed E-state index contributed by atoms with van der Waals surface area (Å²) >= 11 is 0. The molecule has 102 heavy (non-hydrogen) atoms. The van der Waals surface area contributed by atoms with Gasteiger partial charge in [0.25, 0.3) is 5.79 Å². The van der Waals surface area contributed by atoms with Crippen molar-refractivity contribution >= 4 is 17.8 Å². The number of aliphatic hydroxyl groups excluding tert-OH is 11. The maximum absolute atomic E-state index is 13.5. The van der Waals surface area contributed by atoms with E-state index in [4.69, 9.17) is 28.4 Å². The molecule has 3 aliphatic rings. The van der Waals surface area contributed by atoms with Gasteiger partial charge in [-0.2, -0.15) is 0 Å². The van der Waals surface area contributed by atoms with Gasteiger partial charge in [-0.3, -0.25) is 9.59 Å². The molecule has 18 unspecified atom stereocenters. The number of allylic oxidation sites excluding steroid dienone is 4. The number of aliphatic hydroxyl groups is 11. The van der Waals surface area contributed by atoms with Crippen LogP contribution in [0.1, 0.15) is 323 Å². The number of hydrogen-bond donors (Lipinski definition) is 14. The van der Waals surface area contributed by atoms with Gasteiger partial charge < -0.3 is 100 Å². The molecule has 14 N–H and O–H groups in total. The summed E-state index contributed by atoms with van der Waals surface area (Å²) in [7, 11) is 0. The molecule has 2 amide bonds. The summed E-state index contributed by atoms with van der Waals surface area (Å²) in [6, 6.07) is -2.53. The molecule has 23 heteroatoms. The highest BCUT2D eigenvalue weighted by Crippen LogP contribution is 2.39. The van der Waals surface area contributed by atoms with Crippen LogP contribution in [0.15, 0.2) is 24.3 Å². The van der Waals surface area contributed by atoms with E-state index in [2.05, 4.69) is 48.8 Å². The molecular weight excluding hydrogens is 1310 g/mol. The fourth-order valence-electron chi connectivity index (χ4n) is 14.2. The summed E-state index contributed by atoms with van der Waals surface area (Å²) in [5, 5.41) is 136. The number of carboxylic acids is 1. The van der Waals surface area contributed by atoms with Crippen LogP contribution in [-0.2, 0) is 42.8 Å². The first kappa shape index (κ1) is 93.4. The molecule has 3 aliphatic heterocycles. The molecule has 18 atom stereocenters. The van der Waals surface area contributed by atoms with Gasteiger partial charge in [0.1, 0.15) is 67.1 Å². The van der Waals surface area contributed by atoms with Gasteiger partial charge in [-0.25, -0.2) is 4.79 Å². The minimum absolute atomic E-state index is 0.225. The first-order valence-electron chi connectivity index (χ1n) is 40.7. The minimum atomic E-state index is -3.08. The van der Waals surface area contributed by atoms with E-state index in [1.807, 2.05) is 0 Å². The molecule has 23 nitrogen and oxygen atoms in total. The highest BCUT2D eigenvalue weighted by atomic mass is 16.8. The number of carbonyl (C=O) groups excluding carboxylic acids is 2. The van der Waals surface area contributed by atoms with Crippen LogP contribution in [0.3, 0.4) is 0 Å². The number of ether oxygens (including phenoxy) is 6. The smallest absolute Gasteiger partial charge is 0.364 e. The van der Waals surface area contributed by atoms with Crippen molar-refractivity contribution in [2.24, 2.45) is 0 Å². The molecule has 0 saturated carbocycles. The summed E-state index contributed by atoms with van der Waals surface area (Å²) in [5.41, 5.74) is 0. The summed E-state index contributed by atoms with van der Waals surface area (Å²) < 4.78 is 34.9. The number of amides is 2. The Kier molecular flexibility index (Phi) is 53.4. The summed E-state index contributed by atoms with van der Waals surface area (Å²) in [4.78, 5) is 38.6. The monoisotopic (exact) mass is 1460 g/mol. The zero-order chi connectivity index (χ0) is 74.6. The predicted octanol–water partition coefficient (Wildman–Crippen LogP) is 10.7. The minimum Gasteiger partial charge on any atom is -0.477 e. The van der Waals surface area contributed by atoms with Crippen LogP contribution in [0.2, 0.25) is 0 Å². The Labute approximate surface area is 613 Å². The SMILES string of the molecule is CCCCCCCCCCCCCCC/C=C\C/C=C\CCCCCCCCCCCCCCCCCCCC(=O)NC(COC1OC(CO)C(OC2OC(CO)C(O)C(OC3(C(=O)O)CC(O)C(NC(C)=O)C(C(O)C(O)CO)O3)C2O)C(O)C1O)C(O)CCCCCCCCCCCCC. The summed E-state index contributed by atoms with van der Waals surface area (Å²) in [6.07, 6.45) is 35.1. The molecule has 0 aromatic rings. The highest BCUT2D eigenvalue weighted by Gasteiger charge is 2.60. The van der Waals surface area contributed by atoms with E-state index in [0.29, 0.717) is 19.3 Å². The molecule has 3 saturated heterocycles.